The molecule has 0 bridgehead atoms. The maximum absolute atomic E-state index is 11.1. The molecule has 0 aromatic heterocycles. The van der Waals surface area contributed by atoms with Crippen LogP contribution in [0, 0.1) is 0 Å². The summed E-state index contributed by atoms with van der Waals surface area (Å²) in [5, 5.41) is 9.07. The third-order valence-corrected chi connectivity index (χ3v) is 5.26. The van der Waals surface area contributed by atoms with Gasteiger partial charge in [-0.15, -0.1) is 0 Å². The first-order valence-electron chi connectivity index (χ1n) is 8.54. The number of hydrogen-bond donors (Lipinski definition) is 1. The van der Waals surface area contributed by atoms with Crippen LogP contribution >= 0.6 is 0 Å². The van der Waals surface area contributed by atoms with Crippen LogP contribution < -0.4 is 29.6 Å². The van der Waals surface area contributed by atoms with E-state index in [-0.39, 0.29) is 35.7 Å². The van der Waals surface area contributed by atoms with Gasteiger partial charge in [0.05, 0.1) is 16.2 Å². The molecule has 0 spiro atoms. The minimum absolute atomic E-state index is 0. The molecule has 6 heteroatoms. The van der Waals surface area contributed by atoms with Gasteiger partial charge in [-0.2, -0.15) is 0 Å². The number of unbranched alkanes of at least 4 members (excludes halogenated alkanes) is 5. The minimum Gasteiger partial charge on any atom is -0.748 e. The molecule has 0 aliphatic heterocycles. The molecule has 0 saturated heterocycles. The van der Waals surface area contributed by atoms with Crippen molar-refractivity contribution in [1.82, 2.24) is 0 Å². The van der Waals surface area contributed by atoms with Gasteiger partial charge in [-0.3, -0.25) is 0 Å². The maximum atomic E-state index is 11.1. The van der Waals surface area contributed by atoms with E-state index < -0.39 is 15.4 Å². The van der Waals surface area contributed by atoms with Crippen LogP contribution in [0.4, 0.5) is 0 Å². The van der Waals surface area contributed by atoms with E-state index in [1.165, 1.54) is 12.8 Å². The van der Waals surface area contributed by atoms with Gasteiger partial charge in [-0.05, 0) is 25.7 Å². The van der Waals surface area contributed by atoms with Crippen LogP contribution in [0.1, 0.15) is 90.9 Å². The quantitative estimate of drug-likeness (QED) is 0.290. The van der Waals surface area contributed by atoms with Crippen molar-refractivity contribution in [3.8, 4) is 0 Å². The van der Waals surface area contributed by atoms with E-state index in [2.05, 4.69) is 6.92 Å². The van der Waals surface area contributed by atoms with Crippen LogP contribution in [-0.2, 0) is 10.1 Å². The summed E-state index contributed by atoms with van der Waals surface area (Å²) in [6.07, 6.45) is 10.4. The SMILES string of the molecule is CCCCCC(O)CCCCCCC(CCC)S(=O)(=O)[O-].[Na+]. The third-order valence-electron chi connectivity index (χ3n) is 3.97. The van der Waals surface area contributed by atoms with Gasteiger partial charge in [0.2, 0.25) is 0 Å². The van der Waals surface area contributed by atoms with Gasteiger partial charge < -0.3 is 9.66 Å². The Labute approximate surface area is 159 Å². The summed E-state index contributed by atoms with van der Waals surface area (Å²) < 4.78 is 33.2. The van der Waals surface area contributed by atoms with Gasteiger partial charge in [0.25, 0.3) is 0 Å². The molecule has 1 N–H and O–H groups in total. The second kappa shape index (κ2) is 15.4. The predicted molar refractivity (Wildman–Crippen MR) is 86.2 cm³/mol. The molecule has 0 fully saturated rings. The number of aliphatic hydroxyl groups excluding tert-OH is 1. The van der Waals surface area contributed by atoms with E-state index >= 15 is 0 Å². The zero-order valence-electron chi connectivity index (χ0n) is 14.7. The Balaban J connectivity index is 0. The average Bonchev–Trinajstić information content (AvgIpc) is 2.40. The van der Waals surface area contributed by atoms with E-state index in [1.807, 2.05) is 6.92 Å². The van der Waals surface area contributed by atoms with Crippen molar-refractivity contribution in [1.29, 1.82) is 0 Å². The summed E-state index contributed by atoms with van der Waals surface area (Å²) in [6.45, 7) is 4.05. The maximum Gasteiger partial charge on any atom is 1.00 e. The minimum atomic E-state index is -4.14. The standard InChI is InChI=1S/C16H34O4S.Na/c1-3-5-8-12-15(17)13-9-6-7-10-14-16(11-4-2)21(18,19)20;/h15-17H,3-14H2,1-2H3,(H,18,19,20);/q;+1/p-1. The molecule has 0 rings (SSSR count). The van der Waals surface area contributed by atoms with Gasteiger partial charge in [0.1, 0.15) is 0 Å². The van der Waals surface area contributed by atoms with E-state index in [9.17, 15) is 18.1 Å². The Morgan fingerprint density at radius 2 is 1.32 bits per heavy atom. The smallest absolute Gasteiger partial charge is 0.748 e. The zero-order valence-corrected chi connectivity index (χ0v) is 17.5. The Hall–Kier alpha value is 0.870. The molecule has 22 heavy (non-hydrogen) atoms. The van der Waals surface area contributed by atoms with Crippen LogP contribution in [0.25, 0.3) is 0 Å². The molecular weight excluding hydrogens is 311 g/mol. The predicted octanol–water partition coefficient (Wildman–Crippen LogP) is 0.986. The zero-order chi connectivity index (χ0) is 16.1. The monoisotopic (exact) mass is 344 g/mol. The molecule has 4 nitrogen and oxygen atoms in total. The van der Waals surface area contributed by atoms with Crippen molar-refractivity contribution in [2.75, 3.05) is 0 Å². The molecule has 2 atom stereocenters. The molecule has 0 aromatic carbocycles. The molecule has 0 aliphatic rings. The molecule has 0 aromatic rings. The summed E-state index contributed by atoms with van der Waals surface area (Å²) in [4.78, 5) is 0. The van der Waals surface area contributed by atoms with E-state index in [0.29, 0.717) is 12.8 Å². The molecular formula is C16H33NaO4S. The van der Waals surface area contributed by atoms with Gasteiger partial charge >= 0.3 is 29.6 Å². The Kier molecular flexibility index (Phi) is 17.6. The summed E-state index contributed by atoms with van der Waals surface area (Å²) >= 11 is 0. The fourth-order valence-corrected chi connectivity index (χ4v) is 3.61. The molecule has 0 saturated carbocycles. The van der Waals surface area contributed by atoms with Crippen LogP contribution in [0.15, 0.2) is 0 Å². The van der Waals surface area contributed by atoms with Gasteiger partial charge in [-0.1, -0.05) is 65.2 Å². The van der Waals surface area contributed by atoms with E-state index in [1.54, 1.807) is 0 Å². The van der Waals surface area contributed by atoms with Crippen LogP contribution in [0.3, 0.4) is 0 Å². The van der Waals surface area contributed by atoms with Crippen molar-refractivity contribution < 1.29 is 47.6 Å². The number of rotatable bonds is 14. The largest absolute Gasteiger partial charge is 1.00 e. The summed E-state index contributed by atoms with van der Waals surface area (Å²) in [6, 6.07) is 0. The van der Waals surface area contributed by atoms with Crippen LogP contribution in [0.2, 0.25) is 0 Å². The van der Waals surface area contributed by atoms with Crippen LogP contribution in [-0.4, -0.2) is 29.4 Å². The van der Waals surface area contributed by atoms with Crippen molar-refractivity contribution in [3.05, 3.63) is 0 Å². The average molecular weight is 344 g/mol. The summed E-state index contributed by atoms with van der Waals surface area (Å²) in [7, 11) is -4.14. The molecule has 0 heterocycles. The number of hydrogen-bond acceptors (Lipinski definition) is 4. The Morgan fingerprint density at radius 3 is 1.77 bits per heavy atom. The number of aliphatic hydroxyl groups is 1. The summed E-state index contributed by atoms with van der Waals surface area (Å²) in [5.41, 5.74) is 0. The first kappa shape index (κ1) is 25.1. The Bertz CT molecular complexity index is 333. The van der Waals surface area contributed by atoms with Crippen molar-refractivity contribution >= 4 is 10.1 Å². The topological polar surface area (TPSA) is 77.4 Å². The molecule has 0 aliphatic carbocycles. The normalized spacial score (nSPS) is 14.4. The van der Waals surface area contributed by atoms with Gasteiger partial charge in [0.15, 0.2) is 0 Å². The fourth-order valence-electron chi connectivity index (χ4n) is 2.63. The Morgan fingerprint density at radius 1 is 0.818 bits per heavy atom. The van der Waals surface area contributed by atoms with Crippen molar-refractivity contribution in [2.24, 2.45) is 0 Å². The summed E-state index contributed by atoms with van der Waals surface area (Å²) in [5.74, 6) is 0. The fraction of sp³-hybridized carbons (Fsp3) is 1.00. The molecule has 2 unspecified atom stereocenters. The first-order chi connectivity index (χ1) is 9.91. The van der Waals surface area contributed by atoms with Crippen molar-refractivity contribution in [3.63, 3.8) is 0 Å². The van der Waals surface area contributed by atoms with Crippen LogP contribution in [0.5, 0.6) is 0 Å². The molecule has 0 amide bonds. The van der Waals surface area contributed by atoms with Crippen molar-refractivity contribution in [2.45, 2.75) is 102 Å². The molecule has 128 valence electrons. The van der Waals surface area contributed by atoms with E-state index in [4.69, 9.17) is 0 Å². The first-order valence-corrected chi connectivity index (χ1v) is 10.0. The second-order valence-corrected chi connectivity index (χ2v) is 7.70. The second-order valence-electron chi connectivity index (χ2n) is 6.04. The van der Waals surface area contributed by atoms with Gasteiger partial charge in [0, 0.05) is 5.25 Å². The molecule has 0 radical (unpaired) electrons. The third kappa shape index (κ3) is 14.5. The van der Waals surface area contributed by atoms with E-state index in [0.717, 1.165) is 51.4 Å². The van der Waals surface area contributed by atoms with Gasteiger partial charge in [-0.25, -0.2) is 8.42 Å².